The molecule has 1 aliphatic rings. The Hall–Kier alpha value is -3.22. The third kappa shape index (κ3) is 3.81. The van der Waals surface area contributed by atoms with E-state index in [0.717, 1.165) is 30.8 Å². The first-order valence-corrected chi connectivity index (χ1v) is 9.15. The Bertz CT molecular complexity index is 906. The van der Waals surface area contributed by atoms with Gasteiger partial charge >= 0.3 is 0 Å². The lowest BCUT2D eigenvalue weighted by Crippen LogP contribution is -2.45. The third-order valence-corrected chi connectivity index (χ3v) is 4.74. The van der Waals surface area contributed by atoms with E-state index in [2.05, 4.69) is 20.5 Å². The van der Waals surface area contributed by atoms with Gasteiger partial charge in [0.05, 0.1) is 23.6 Å². The molecule has 1 saturated heterocycles. The number of nitrogens with one attached hydrogen (secondary N) is 1. The van der Waals surface area contributed by atoms with Crippen molar-refractivity contribution in [2.24, 2.45) is 0 Å². The molecule has 2 aromatic heterocycles. The van der Waals surface area contributed by atoms with Gasteiger partial charge in [0.2, 0.25) is 0 Å². The van der Waals surface area contributed by atoms with Gasteiger partial charge in [-0.2, -0.15) is 15.0 Å². The Morgan fingerprint density at radius 1 is 1.15 bits per heavy atom. The summed E-state index contributed by atoms with van der Waals surface area (Å²) < 4.78 is 0. The molecular weight excluding hydrogens is 340 g/mol. The summed E-state index contributed by atoms with van der Waals surface area (Å²) in [4.78, 5) is 21.0. The molecule has 0 aliphatic carbocycles. The van der Waals surface area contributed by atoms with Gasteiger partial charge in [0.25, 0.3) is 5.91 Å². The number of anilines is 1. The van der Waals surface area contributed by atoms with Gasteiger partial charge in [0.1, 0.15) is 5.82 Å². The maximum absolute atomic E-state index is 13.2. The topological polar surface area (TPSA) is 75.9 Å². The van der Waals surface area contributed by atoms with Crippen LogP contribution in [0.5, 0.6) is 0 Å². The Balaban J connectivity index is 1.50. The van der Waals surface area contributed by atoms with Crippen molar-refractivity contribution in [3.8, 4) is 5.69 Å². The molecule has 27 heavy (non-hydrogen) atoms. The van der Waals surface area contributed by atoms with E-state index >= 15 is 0 Å². The first kappa shape index (κ1) is 17.2. The monoisotopic (exact) mass is 362 g/mol. The molecule has 7 heteroatoms. The fraction of sp³-hybridized carbons (Fsp3) is 0.300. The Labute approximate surface area is 158 Å². The maximum Gasteiger partial charge on any atom is 0.256 e. The smallest absolute Gasteiger partial charge is 0.256 e. The van der Waals surface area contributed by atoms with Crippen LogP contribution in [0.3, 0.4) is 0 Å². The number of piperidine rings is 1. The van der Waals surface area contributed by atoms with Gasteiger partial charge in [-0.05, 0) is 43.5 Å². The van der Waals surface area contributed by atoms with E-state index in [4.69, 9.17) is 0 Å². The van der Waals surface area contributed by atoms with Crippen molar-refractivity contribution in [1.82, 2.24) is 24.9 Å². The summed E-state index contributed by atoms with van der Waals surface area (Å²) >= 11 is 0. The highest BCUT2D eigenvalue weighted by molar-refractivity contribution is 5.97. The quantitative estimate of drug-likeness (QED) is 0.772. The summed E-state index contributed by atoms with van der Waals surface area (Å²) in [6, 6.07) is 11.7. The van der Waals surface area contributed by atoms with E-state index in [0.29, 0.717) is 17.8 Å². The van der Waals surface area contributed by atoms with Gasteiger partial charge in [0, 0.05) is 25.3 Å². The number of para-hydroxylation sites is 1. The highest BCUT2D eigenvalue weighted by Crippen LogP contribution is 2.20. The van der Waals surface area contributed by atoms with Crippen LogP contribution in [-0.4, -0.2) is 49.9 Å². The van der Waals surface area contributed by atoms with E-state index in [-0.39, 0.29) is 11.9 Å². The number of pyridine rings is 1. The first-order valence-electron chi connectivity index (χ1n) is 9.15. The van der Waals surface area contributed by atoms with Crippen molar-refractivity contribution >= 4 is 11.7 Å². The second-order valence-electron chi connectivity index (χ2n) is 6.79. The molecule has 0 saturated carbocycles. The maximum atomic E-state index is 13.2. The lowest BCUT2D eigenvalue weighted by molar-refractivity contribution is 0.0714. The number of hydrogen-bond acceptors (Lipinski definition) is 5. The number of aryl methyl sites for hydroxylation is 1. The summed E-state index contributed by atoms with van der Waals surface area (Å²) in [7, 11) is 0. The van der Waals surface area contributed by atoms with Crippen LogP contribution in [-0.2, 0) is 0 Å². The molecule has 138 valence electrons. The molecule has 1 atom stereocenters. The van der Waals surface area contributed by atoms with Crippen LogP contribution in [0, 0.1) is 6.92 Å². The van der Waals surface area contributed by atoms with Crippen molar-refractivity contribution in [2.75, 3.05) is 18.4 Å². The molecule has 0 spiro atoms. The molecule has 7 nitrogen and oxygen atoms in total. The predicted molar refractivity (Wildman–Crippen MR) is 103 cm³/mol. The third-order valence-electron chi connectivity index (χ3n) is 4.74. The Morgan fingerprint density at radius 2 is 1.96 bits per heavy atom. The van der Waals surface area contributed by atoms with Crippen molar-refractivity contribution in [1.29, 1.82) is 0 Å². The summed E-state index contributed by atoms with van der Waals surface area (Å²) in [5.41, 5.74) is 2.44. The number of carbonyl (C=O) groups excluding carboxylic acids is 1. The van der Waals surface area contributed by atoms with E-state index in [1.807, 2.05) is 54.4 Å². The molecule has 0 radical (unpaired) electrons. The van der Waals surface area contributed by atoms with Crippen LogP contribution >= 0.6 is 0 Å². The number of likely N-dealkylation sites (tertiary alicyclic amines) is 1. The average molecular weight is 362 g/mol. The van der Waals surface area contributed by atoms with Crippen LogP contribution in [0.1, 0.15) is 28.8 Å². The van der Waals surface area contributed by atoms with Crippen molar-refractivity contribution in [2.45, 2.75) is 25.8 Å². The highest BCUT2D eigenvalue weighted by Gasteiger charge is 2.26. The SMILES string of the molecule is Cc1ccc(N[C@@H]2CCCN(C(=O)c3ccccc3-n3nccn3)C2)nc1. The molecule has 1 N–H and O–H groups in total. The summed E-state index contributed by atoms with van der Waals surface area (Å²) in [6.07, 6.45) is 7.04. The minimum Gasteiger partial charge on any atom is -0.366 e. The van der Waals surface area contributed by atoms with Gasteiger partial charge in [0.15, 0.2) is 0 Å². The molecule has 3 aromatic rings. The second kappa shape index (κ2) is 7.57. The molecule has 0 unspecified atom stereocenters. The van der Waals surface area contributed by atoms with Crippen LogP contribution in [0.2, 0.25) is 0 Å². The summed E-state index contributed by atoms with van der Waals surface area (Å²) in [5.74, 6) is 0.854. The predicted octanol–water partition coefficient (Wildman–Crippen LogP) is 2.69. The normalized spacial score (nSPS) is 16.9. The summed E-state index contributed by atoms with van der Waals surface area (Å²) in [6.45, 7) is 3.41. The number of carbonyl (C=O) groups is 1. The van der Waals surface area contributed by atoms with Gasteiger partial charge < -0.3 is 10.2 Å². The fourth-order valence-electron chi connectivity index (χ4n) is 3.38. The molecule has 1 fully saturated rings. The zero-order valence-corrected chi connectivity index (χ0v) is 15.2. The number of rotatable bonds is 4. The van der Waals surface area contributed by atoms with Gasteiger partial charge in [-0.15, -0.1) is 0 Å². The Morgan fingerprint density at radius 3 is 2.74 bits per heavy atom. The lowest BCUT2D eigenvalue weighted by Gasteiger charge is -2.33. The average Bonchev–Trinajstić information content (AvgIpc) is 3.24. The van der Waals surface area contributed by atoms with Gasteiger partial charge in [-0.25, -0.2) is 4.98 Å². The minimum atomic E-state index is 0.00580. The summed E-state index contributed by atoms with van der Waals surface area (Å²) in [5, 5.41) is 11.8. The molecular formula is C20H22N6O. The van der Waals surface area contributed by atoms with Gasteiger partial charge in [-0.1, -0.05) is 18.2 Å². The lowest BCUT2D eigenvalue weighted by atomic mass is 10.0. The molecule has 1 aromatic carbocycles. The van der Waals surface area contributed by atoms with Crippen molar-refractivity contribution in [3.05, 3.63) is 66.1 Å². The zero-order valence-electron chi connectivity index (χ0n) is 15.2. The van der Waals surface area contributed by atoms with Crippen LogP contribution in [0.25, 0.3) is 5.69 Å². The van der Waals surface area contributed by atoms with Crippen LogP contribution in [0.15, 0.2) is 55.0 Å². The minimum absolute atomic E-state index is 0.00580. The van der Waals surface area contributed by atoms with Crippen molar-refractivity contribution < 1.29 is 4.79 Å². The van der Waals surface area contributed by atoms with E-state index in [1.165, 1.54) is 4.80 Å². The molecule has 3 heterocycles. The highest BCUT2D eigenvalue weighted by atomic mass is 16.2. The van der Waals surface area contributed by atoms with E-state index in [9.17, 15) is 4.79 Å². The molecule has 4 rings (SSSR count). The standard InChI is InChI=1S/C20H22N6O/c1-15-8-9-19(21-13-15)24-16-5-4-12-25(14-16)20(27)17-6-2-3-7-18(17)26-22-10-11-23-26/h2-3,6-11,13,16H,4-5,12,14H2,1H3,(H,21,24)/t16-/m1/s1. The number of hydrogen-bond donors (Lipinski definition) is 1. The molecule has 1 aliphatic heterocycles. The first-order chi connectivity index (χ1) is 13.2. The van der Waals surface area contributed by atoms with Crippen LogP contribution < -0.4 is 5.32 Å². The number of benzene rings is 1. The van der Waals surface area contributed by atoms with E-state index in [1.54, 1.807) is 12.4 Å². The van der Waals surface area contributed by atoms with Gasteiger partial charge in [-0.3, -0.25) is 4.79 Å². The number of amides is 1. The fourth-order valence-corrected chi connectivity index (χ4v) is 3.38. The van der Waals surface area contributed by atoms with E-state index < -0.39 is 0 Å². The molecule has 1 amide bonds. The number of nitrogens with zero attached hydrogens (tertiary/aromatic N) is 5. The second-order valence-corrected chi connectivity index (χ2v) is 6.79. The zero-order chi connectivity index (χ0) is 18.6. The Kier molecular flexibility index (Phi) is 4.82. The number of aromatic nitrogens is 4. The largest absolute Gasteiger partial charge is 0.366 e. The van der Waals surface area contributed by atoms with Crippen LogP contribution in [0.4, 0.5) is 5.82 Å². The molecule has 0 bridgehead atoms. The van der Waals surface area contributed by atoms with Crippen molar-refractivity contribution in [3.63, 3.8) is 0 Å².